The minimum Gasteiger partial charge on any atom is -0.505 e. The van der Waals surface area contributed by atoms with Crippen molar-refractivity contribution in [3.8, 4) is 17.2 Å². The van der Waals surface area contributed by atoms with Crippen LogP contribution in [0, 0.1) is 13.8 Å². The summed E-state index contributed by atoms with van der Waals surface area (Å²) in [6.45, 7) is 6.10. The quantitative estimate of drug-likeness (QED) is 0.0903. The lowest BCUT2D eigenvalue weighted by atomic mass is 10.1. The monoisotopic (exact) mass is 689 g/mol. The molecule has 0 atom stereocenters. The molecule has 0 aliphatic carbocycles. The molecule has 0 spiro atoms. The Hall–Kier alpha value is -5.85. The summed E-state index contributed by atoms with van der Waals surface area (Å²) >= 11 is 0. The van der Waals surface area contributed by atoms with E-state index < -0.39 is 10.1 Å². The van der Waals surface area contributed by atoms with Gasteiger partial charge in [0, 0.05) is 28.2 Å². The third-order valence-corrected chi connectivity index (χ3v) is 8.92. The van der Waals surface area contributed by atoms with Crippen LogP contribution in [0.1, 0.15) is 24.5 Å². The predicted molar refractivity (Wildman–Crippen MR) is 196 cm³/mol. The van der Waals surface area contributed by atoms with E-state index in [0.717, 1.165) is 40.1 Å². The minimum absolute atomic E-state index is 0.0271. The first-order chi connectivity index (χ1) is 24.0. The Morgan fingerprint density at radius 3 is 2.00 bits per heavy atom. The fourth-order valence-electron chi connectivity index (χ4n) is 5.39. The number of phenolic OH excluding ortho intramolecular Hbond substituents is 1. The highest BCUT2D eigenvalue weighted by Crippen LogP contribution is 2.39. The van der Waals surface area contributed by atoms with Gasteiger partial charge in [-0.15, -0.1) is 5.11 Å². The number of hydrogen-bond donors (Lipinski definition) is 3. The van der Waals surface area contributed by atoms with Crippen molar-refractivity contribution in [1.82, 2.24) is 0 Å². The van der Waals surface area contributed by atoms with Gasteiger partial charge in [-0.05, 0) is 121 Å². The van der Waals surface area contributed by atoms with Crippen LogP contribution < -0.4 is 14.8 Å². The van der Waals surface area contributed by atoms with Crippen molar-refractivity contribution in [3.63, 3.8) is 0 Å². The number of aromatic hydroxyl groups is 1. The van der Waals surface area contributed by atoms with E-state index in [0.29, 0.717) is 51.3 Å². The van der Waals surface area contributed by atoms with Gasteiger partial charge in [-0.3, -0.25) is 4.55 Å². The Morgan fingerprint density at radius 1 is 0.680 bits per heavy atom. The molecular formula is C38H35N5O6S. The summed E-state index contributed by atoms with van der Waals surface area (Å²) in [6.07, 6.45) is 0.752. The highest BCUT2D eigenvalue weighted by Gasteiger charge is 2.17. The molecule has 0 aromatic heterocycles. The average molecular weight is 690 g/mol. The second-order valence-corrected chi connectivity index (χ2v) is 13.1. The number of nitrogens with one attached hydrogen (secondary N) is 1. The Bertz CT molecular complexity index is 2390. The van der Waals surface area contributed by atoms with Crippen LogP contribution in [0.4, 0.5) is 34.1 Å². The van der Waals surface area contributed by atoms with Crippen LogP contribution in [0.25, 0.3) is 21.5 Å². The number of hydrogen-bond acceptors (Lipinski definition) is 10. The maximum atomic E-state index is 12.2. The smallest absolute Gasteiger partial charge is 0.295 e. The number of nitrogens with zero attached hydrogens (tertiary/aromatic N) is 4. The number of fused-ring (bicyclic) bond motifs is 2. The standard InChI is InChI=1S/C38H35N5O6S/c1-5-16-49-31-20-26-6-8-29(21-33(26)37(22-31)50(45,46)47)40-42-35-17-24(3)36(18-23(35)2)43-41-34-15-7-25-19-28(11-14-32(25)38(34)44)39-27-9-12-30(48-4)13-10-27/h6-15,17-22,39,44H,5,16H2,1-4H3,(H,45,46,47). The van der Waals surface area contributed by atoms with Crippen molar-refractivity contribution >= 4 is 65.8 Å². The molecule has 0 amide bonds. The average Bonchev–Trinajstić information content (AvgIpc) is 3.10. The first-order valence-electron chi connectivity index (χ1n) is 15.8. The summed E-state index contributed by atoms with van der Waals surface area (Å²) in [4.78, 5) is -0.260. The van der Waals surface area contributed by atoms with Gasteiger partial charge >= 0.3 is 0 Å². The van der Waals surface area contributed by atoms with Crippen molar-refractivity contribution in [3.05, 3.63) is 108 Å². The molecule has 0 bridgehead atoms. The Labute approximate surface area is 289 Å². The number of aryl methyl sites for hydroxylation is 2. The number of benzene rings is 6. The molecule has 0 saturated carbocycles. The van der Waals surface area contributed by atoms with Gasteiger partial charge in [-0.1, -0.05) is 19.1 Å². The number of anilines is 2. The maximum Gasteiger partial charge on any atom is 0.295 e. The number of phenols is 1. The summed E-state index contributed by atoms with van der Waals surface area (Å²) in [5.41, 5.74) is 5.28. The van der Waals surface area contributed by atoms with Crippen LogP contribution in [-0.4, -0.2) is 31.8 Å². The zero-order chi connectivity index (χ0) is 35.4. The van der Waals surface area contributed by atoms with Crippen LogP contribution in [0.15, 0.2) is 122 Å². The van der Waals surface area contributed by atoms with Crippen LogP contribution in [0.5, 0.6) is 17.2 Å². The normalized spacial score (nSPS) is 11.9. The van der Waals surface area contributed by atoms with Crippen LogP contribution in [0.3, 0.4) is 0 Å². The zero-order valence-electron chi connectivity index (χ0n) is 27.9. The second kappa shape index (κ2) is 14.3. The molecule has 0 fully saturated rings. The van der Waals surface area contributed by atoms with Crippen molar-refractivity contribution in [2.24, 2.45) is 20.5 Å². The SMILES string of the molecule is CCCOc1cc(S(=O)(=O)O)c2cc(N=Nc3cc(C)c(N=Nc4ccc5cc(Nc6ccc(OC)cc6)ccc5c4O)cc3C)ccc2c1. The number of ether oxygens (including phenoxy) is 2. The molecule has 0 aliphatic heterocycles. The molecule has 6 aromatic rings. The van der Waals surface area contributed by atoms with E-state index in [4.69, 9.17) is 9.47 Å². The second-order valence-electron chi connectivity index (χ2n) is 11.7. The summed E-state index contributed by atoms with van der Waals surface area (Å²) in [5.74, 6) is 1.16. The minimum atomic E-state index is -4.52. The van der Waals surface area contributed by atoms with Gasteiger partial charge in [0.25, 0.3) is 10.1 Å². The number of rotatable bonds is 11. The van der Waals surface area contributed by atoms with E-state index in [9.17, 15) is 18.1 Å². The van der Waals surface area contributed by atoms with E-state index >= 15 is 0 Å². The third kappa shape index (κ3) is 7.56. The van der Waals surface area contributed by atoms with Crippen LogP contribution in [-0.2, 0) is 10.1 Å². The Kier molecular flexibility index (Phi) is 9.75. The van der Waals surface area contributed by atoms with Gasteiger partial charge < -0.3 is 19.9 Å². The van der Waals surface area contributed by atoms with Crippen molar-refractivity contribution < 1.29 is 27.6 Å². The Balaban J connectivity index is 1.21. The first kappa shape index (κ1) is 34.0. The van der Waals surface area contributed by atoms with E-state index in [2.05, 4.69) is 25.8 Å². The third-order valence-electron chi connectivity index (χ3n) is 8.03. The lowest BCUT2D eigenvalue weighted by molar-refractivity contribution is 0.317. The van der Waals surface area contributed by atoms with E-state index in [1.807, 2.05) is 81.4 Å². The van der Waals surface area contributed by atoms with Crippen LogP contribution in [0.2, 0.25) is 0 Å². The molecule has 0 heterocycles. The van der Waals surface area contributed by atoms with Gasteiger partial charge in [0.1, 0.15) is 22.1 Å². The summed E-state index contributed by atoms with van der Waals surface area (Å²) in [6, 6.07) is 28.6. The summed E-state index contributed by atoms with van der Waals surface area (Å²) in [5, 5.41) is 34.3. The zero-order valence-corrected chi connectivity index (χ0v) is 28.7. The molecule has 0 radical (unpaired) electrons. The molecule has 3 N–H and O–H groups in total. The van der Waals surface area contributed by atoms with Gasteiger partial charge in [-0.25, -0.2) is 0 Å². The molecule has 0 unspecified atom stereocenters. The predicted octanol–water partition coefficient (Wildman–Crippen LogP) is 10.9. The molecule has 0 aliphatic rings. The van der Waals surface area contributed by atoms with Crippen molar-refractivity contribution in [1.29, 1.82) is 0 Å². The molecular weight excluding hydrogens is 655 g/mol. The van der Waals surface area contributed by atoms with Gasteiger partial charge in [-0.2, -0.15) is 23.8 Å². The van der Waals surface area contributed by atoms with Gasteiger partial charge in [0.2, 0.25) is 0 Å². The van der Waals surface area contributed by atoms with Gasteiger partial charge in [0.15, 0.2) is 5.75 Å². The fourth-order valence-corrected chi connectivity index (χ4v) is 6.11. The largest absolute Gasteiger partial charge is 0.505 e. The highest BCUT2D eigenvalue weighted by molar-refractivity contribution is 7.86. The first-order valence-corrected chi connectivity index (χ1v) is 17.3. The molecule has 12 heteroatoms. The Morgan fingerprint density at radius 2 is 1.32 bits per heavy atom. The lowest BCUT2D eigenvalue weighted by Gasteiger charge is -2.10. The molecule has 254 valence electrons. The molecule has 11 nitrogen and oxygen atoms in total. The molecule has 6 aromatic carbocycles. The topological polar surface area (TPSA) is 155 Å². The highest BCUT2D eigenvalue weighted by atomic mass is 32.2. The molecule has 50 heavy (non-hydrogen) atoms. The molecule has 6 rings (SSSR count). The number of methoxy groups -OCH3 is 1. The van der Waals surface area contributed by atoms with E-state index in [-0.39, 0.29) is 10.6 Å². The molecule has 0 saturated heterocycles. The van der Waals surface area contributed by atoms with E-state index in [1.54, 1.807) is 37.4 Å². The fraction of sp³-hybridized carbons (Fsp3) is 0.158. The lowest BCUT2D eigenvalue weighted by Crippen LogP contribution is -2.02. The van der Waals surface area contributed by atoms with Crippen LogP contribution >= 0.6 is 0 Å². The van der Waals surface area contributed by atoms with Gasteiger partial charge in [0.05, 0.1) is 30.8 Å². The summed E-state index contributed by atoms with van der Waals surface area (Å²) in [7, 11) is -2.90. The maximum absolute atomic E-state index is 12.2. The van der Waals surface area contributed by atoms with Crippen molar-refractivity contribution in [2.45, 2.75) is 32.1 Å². The van der Waals surface area contributed by atoms with E-state index in [1.165, 1.54) is 6.07 Å². The summed E-state index contributed by atoms with van der Waals surface area (Å²) < 4.78 is 45.1. The number of azo groups is 2. The van der Waals surface area contributed by atoms with Crippen molar-refractivity contribution in [2.75, 3.05) is 19.0 Å².